The molecule has 0 atom stereocenters. The maximum atomic E-state index is 12.3. The Kier molecular flexibility index (Phi) is 6.03. The summed E-state index contributed by atoms with van der Waals surface area (Å²) < 4.78 is 30.4. The lowest BCUT2D eigenvalue weighted by Crippen LogP contribution is -2.23. The van der Waals surface area contributed by atoms with Gasteiger partial charge >= 0.3 is 0 Å². The molecule has 0 aliphatic carbocycles. The Balaban J connectivity index is 1.99. The number of hydrogen-bond donors (Lipinski definition) is 2. The van der Waals surface area contributed by atoms with Crippen LogP contribution >= 0.6 is 0 Å². The van der Waals surface area contributed by atoms with Gasteiger partial charge in [-0.2, -0.15) is 0 Å². The molecular weight excluding hydrogens is 340 g/mol. The summed E-state index contributed by atoms with van der Waals surface area (Å²) >= 11 is 0. The van der Waals surface area contributed by atoms with Crippen molar-refractivity contribution < 1.29 is 17.9 Å². The molecule has 2 N–H and O–H groups in total. The van der Waals surface area contributed by atoms with Crippen molar-refractivity contribution >= 4 is 21.6 Å². The molecule has 1 amide bonds. The van der Waals surface area contributed by atoms with Gasteiger partial charge in [-0.25, -0.2) is 8.42 Å². The number of rotatable bonds is 7. The molecule has 0 bridgehead atoms. The summed E-state index contributed by atoms with van der Waals surface area (Å²) in [5, 5.41) is 2.84. The summed E-state index contributed by atoms with van der Waals surface area (Å²) in [5.74, 6) is 0.574. The molecule has 2 aromatic rings. The van der Waals surface area contributed by atoms with Crippen LogP contribution in [-0.4, -0.2) is 27.2 Å². The molecule has 2 aromatic carbocycles. The van der Waals surface area contributed by atoms with E-state index in [9.17, 15) is 13.2 Å². The molecule has 0 saturated carbocycles. The van der Waals surface area contributed by atoms with Gasteiger partial charge in [-0.3, -0.25) is 9.52 Å². The first-order valence-corrected chi connectivity index (χ1v) is 9.76. The van der Waals surface area contributed by atoms with E-state index in [1.807, 2.05) is 31.2 Å². The third-order valence-electron chi connectivity index (χ3n) is 3.47. The Labute approximate surface area is 148 Å². The van der Waals surface area contributed by atoms with Crippen LogP contribution in [0.25, 0.3) is 0 Å². The molecule has 0 aromatic heterocycles. The van der Waals surface area contributed by atoms with Crippen molar-refractivity contribution in [2.24, 2.45) is 0 Å². The highest BCUT2D eigenvalue weighted by Crippen LogP contribution is 2.18. The molecule has 2 rings (SSSR count). The van der Waals surface area contributed by atoms with E-state index in [1.54, 1.807) is 25.1 Å². The second kappa shape index (κ2) is 8.02. The molecule has 0 aliphatic heterocycles. The SMILES string of the molecule is CCOc1ccc(CNC(=O)c2ccc(NS(C)(=O)=O)c(C)c2)cc1. The van der Waals surface area contributed by atoms with E-state index < -0.39 is 10.0 Å². The normalized spacial score (nSPS) is 11.0. The number of benzene rings is 2. The van der Waals surface area contributed by atoms with Crippen molar-refractivity contribution in [2.75, 3.05) is 17.6 Å². The van der Waals surface area contributed by atoms with Crippen LogP contribution in [0.3, 0.4) is 0 Å². The number of sulfonamides is 1. The van der Waals surface area contributed by atoms with Gasteiger partial charge in [0.1, 0.15) is 5.75 Å². The Morgan fingerprint density at radius 2 is 1.80 bits per heavy atom. The number of hydrogen-bond acceptors (Lipinski definition) is 4. The zero-order valence-corrected chi connectivity index (χ0v) is 15.3. The molecule has 0 spiro atoms. The fourth-order valence-corrected chi connectivity index (χ4v) is 2.90. The summed E-state index contributed by atoms with van der Waals surface area (Å²) in [5.41, 5.74) is 2.58. The molecule has 0 unspecified atom stereocenters. The van der Waals surface area contributed by atoms with Crippen molar-refractivity contribution in [3.63, 3.8) is 0 Å². The lowest BCUT2D eigenvalue weighted by Gasteiger charge is -2.10. The molecule has 0 heterocycles. The molecule has 0 aliphatic rings. The van der Waals surface area contributed by atoms with Gasteiger partial charge in [0.15, 0.2) is 0 Å². The van der Waals surface area contributed by atoms with Crippen LogP contribution in [-0.2, 0) is 16.6 Å². The fourth-order valence-electron chi connectivity index (χ4n) is 2.27. The van der Waals surface area contributed by atoms with Gasteiger partial charge < -0.3 is 10.1 Å². The first kappa shape index (κ1) is 18.8. The lowest BCUT2D eigenvalue weighted by atomic mass is 10.1. The number of ether oxygens (including phenoxy) is 1. The molecule has 7 heteroatoms. The predicted octanol–water partition coefficient (Wildman–Crippen LogP) is 2.70. The minimum atomic E-state index is -3.35. The Morgan fingerprint density at radius 1 is 1.12 bits per heavy atom. The van der Waals surface area contributed by atoms with E-state index in [-0.39, 0.29) is 5.91 Å². The quantitative estimate of drug-likeness (QED) is 0.793. The summed E-state index contributed by atoms with van der Waals surface area (Å²) in [6.45, 7) is 4.68. The highest BCUT2D eigenvalue weighted by molar-refractivity contribution is 7.92. The van der Waals surface area contributed by atoms with Gasteiger partial charge in [0.2, 0.25) is 10.0 Å². The first-order valence-electron chi connectivity index (χ1n) is 7.87. The van der Waals surface area contributed by atoms with Crippen LogP contribution in [0.1, 0.15) is 28.4 Å². The van der Waals surface area contributed by atoms with E-state index in [2.05, 4.69) is 10.0 Å². The number of carbonyl (C=O) groups excluding carboxylic acids is 1. The van der Waals surface area contributed by atoms with Crippen LogP contribution in [0.15, 0.2) is 42.5 Å². The minimum absolute atomic E-state index is 0.220. The number of aryl methyl sites for hydroxylation is 1. The highest BCUT2D eigenvalue weighted by atomic mass is 32.2. The largest absolute Gasteiger partial charge is 0.494 e. The van der Waals surface area contributed by atoms with E-state index in [0.717, 1.165) is 17.6 Å². The van der Waals surface area contributed by atoms with Gasteiger partial charge in [0.25, 0.3) is 5.91 Å². The maximum absolute atomic E-state index is 12.3. The number of anilines is 1. The number of carbonyl (C=O) groups is 1. The van der Waals surface area contributed by atoms with Crippen molar-refractivity contribution in [1.29, 1.82) is 0 Å². The predicted molar refractivity (Wildman–Crippen MR) is 98.4 cm³/mol. The summed E-state index contributed by atoms with van der Waals surface area (Å²) in [7, 11) is -3.35. The molecule has 0 fully saturated rings. The number of amides is 1. The minimum Gasteiger partial charge on any atom is -0.494 e. The molecular formula is C18H22N2O4S. The van der Waals surface area contributed by atoms with Gasteiger partial charge in [-0.1, -0.05) is 12.1 Å². The van der Waals surface area contributed by atoms with Gasteiger partial charge in [-0.05, 0) is 55.3 Å². The van der Waals surface area contributed by atoms with Crippen molar-refractivity contribution in [3.05, 3.63) is 59.2 Å². The highest BCUT2D eigenvalue weighted by Gasteiger charge is 2.10. The molecule has 0 saturated heterocycles. The number of nitrogens with one attached hydrogen (secondary N) is 2. The zero-order valence-electron chi connectivity index (χ0n) is 14.5. The molecule has 6 nitrogen and oxygen atoms in total. The summed E-state index contributed by atoms with van der Waals surface area (Å²) in [6.07, 6.45) is 1.09. The van der Waals surface area contributed by atoms with E-state index in [0.29, 0.717) is 30.0 Å². The van der Waals surface area contributed by atoms with Crippen LogP contribution in [0, 0.1) is 6.92 Å². The van der Waals surface area contributed by atoms with Gasteiger partial charge in [0.05, 0.1) is 18.6 Å². The average molecular weight is 362 g/mol. The second-order valence-corrected chi connectivity index (χ2v) is 7.41. The van der Waals surface area contributed by atoms with Gasteiger partial charge in [-0.15, -0.1) is 0 Å². The summed E-state index contributed by atoms with van der Waals surface area (Å²) in [4.78, 5) is 12.3. The van der Waals surface area contributed by atoms with E-state index in [4.69, 9.17) is 4.74 Å². The van der Waals surface area contributed by atoms with Crippen LogP contribution in [0.4, 0.5) is 5.69 Å². The topological polar surface area (TPSA) is 84.5 Å². The van der Waals surface area contributed by atoms with E-state index >= 15 is 0 Å². The maximum Gasteiger partial charge on any atom is 0.251 e. The molecule has 0 radical (unpaired) electrons. The molecule has 134 valence electrons. The van der Waals surface area contributed by atoms with Gasteiger partial charge in [0, 0.05) is 12.1 Å². The van der Waals surface area contributed by atoms with Crippen LogP contribution in [0.5, 0.6) is 5.75 Å². The van der Waals surface area contributed by atoms with E-state index in [1.165, 1.54) is 0 Å². The standard InChI is InChI=1S/C18H22N2O4S/c1-4-24-16-8-5-14(6-9-16)12-19-18(21)15-7-10-17(13(2)11-15)20-25(3,22)23/h5-11,20H,4,12H2,1-3H3,(H,19,21). The average Bonchev–Trinajstić information content (AvgIpc) is 2.55. The Morgan fingerprint density at radius 3 is 2.36 bits per heavy atom. The van der Waals surface area contributed by atoms with Crippen LogP contribution in [0.2, 0.25) is 0 Å². The molecule has 25 heavy (non-hydrogen) atoms. The smallest absolute Gasteiger partial charge is 0.251 e. The monoisotopic (exact) mass is 362 g/mol. The first-order chi connectivity index (χ1) is 11.8. The summed E-state index contributed by atoms with van der Waals surface area (Å²) in [6, 6.07) is 12.4. The second-order valence-electron chi connectivity index (χ2n) is 5.66. The fraction of sp³-hybridized carbons (Fsp3) is 0.278. The van der Waals surface area contributed by atoms with Crippen molar-refractivity contribution in [3.8, 4) is 5.75 Å². The van der Waals surface area contributed by atoms with Crippen molar-refractivity contribution in [2.45, 2.75) is 20.4 Å². The Bertz CT molecular complexity index is 846. The third kappa shape index (κ3) is 5.79. The lowest BCUT2D eigenvalue weighted by molar-refractivity contribution is 0.0951. The van der Waals surface area contributed by atoms with Crippen molar-refractivity contribution in [1.82, 2.24) is 5.32 Å². The zero-order chi connectivity index (χ0) is 18.4. The van der Waals surface area contributed by atoms with Crippen LogP contribution < -0.4 is 14.8 Å². The third-order valence-corrected chi connectivity index (χ3v) is 4.06. The Hall–Kier alpha value is -2.54.